The second kappa shape index (κ2) is 8.17. The van der Waals surface area contributed by atoms with Crippen LogP contribution in [-0.2, 0) is 17.9 Å². The second-order valence-electron chi connectivity index (χ2n) is 6.05. The minimum atomic E-state index is -0.950. The van der Waals surface area contributed by atoms with Crippen LogP contribution >= 0.6 is 15.9 Å². The van der Waals surface area contributed by atoms with Crippen molar-refractivity contribution < 1.29 is 14.7 Å². The molecule has 0 aliphatic heterocycles. The summed E-state index contributed by atoms with van der Waals surface area (Å²) in [6, 6.07) is 9.65. The van der Waals surface area contributed by atoms with Crippen molar-refractivity contribution in [2.75, 3.05) is 5.32 Å². The molecule has 3 aromatic rings. The first kappa shape index (κ1) is 18.8. The third-order valence-corrected chi connectivity index (χ3v) is 4.44. The van der Waals surface area contributed by atoms with Crippen molar-refractivity contribution in [3.05, 3.63) is 64.0 Å². The fourth-order valence-corrected chi connectivity index (χ4v) is 3.05. The van der Waals surface area contributed by atoms with Gasteiger partial charge in [-0.05, 0) is 34.5 Å². The molecule has 1 aromatic carbocycles. The Morgan fingerprint density at radius 1 is 1.30 bits per heavy atom. The lowest BCUT2D eigenvalue weighted by atomic mass is 10.1. The molecule has 0 bridgehead atoms. The number of hydrogen-bond acceptors (Lipinski definition) is 4. The van der Waals surface area contributed by atoms with Crippen LogP contribution in [0.25, 0.3) is 0 Å². The van der Waals surface area contributed by atoms with E-state index in [0.29, 0.717) is 16.8 Å². The van der Waals surface area contributed by atoms with Gasteiger partial charge in [-0.1, -0.05) is 29.8 Å². The van der Waals surface area contributed by atoms with Gasteiger partial charge in [-0.3, -0.25) is 19.0 Å². The van der Waals surface area contributed by atoms with Gasteiger partial charge >= 0.3 is 5.97 Å². The number of benzene rings is 1. The number of aryl methyl sites for hydroxylation is 2. The molecule has 0 spiro atoms. The SMILES string of the molecule is Cc1cccc(Cn2cc(Br)c(NC(=O)c3ccnn3CCC(=O)O)n2)c1. The van der Waals surface area contributed by atoms with Gasteiger partial charge in [0.15, 0.2) is 5.82 Å². The van der Waals surface area contributed by atoms with Crippen LogP contribution in [0.1, 0.15) is 28.0 Å². The average Bonchev–Trinajstić information content (AvgIpc) is 3.20. The first-order valence-electron chi connectivity index (χ1n) is 8.26. The predicted molar refractivity (Wildman–Crippen MR) is 103 cm³/mol. The van der Waals surface area contributed by atoms with Crippen molar-refractivity contribution in [2.24, 2.45) is 0 Å². The van der Waals surface area contributed by atoms with Crippen LogP contribution < -0.4 is 5.32 Å². The molecule has 0 unspecified atom stereocenters. The van der Waals surface area contributed by atoms with Crippen LogP contribution in [0.15, 0.2) is 47.2 Å². The molecule has 0 saturated heterocycles. The number of carbonyl (C=O) groups is 2. The normalized spacial score (nSPS) is 10.7. The first-order valence-corrected chi connectivity index (χ1v) is 9.05. The Hall–Kier alpha value is -2.94. The monoisotopic (exact) mass is 431 g/mol. The molecular weight excluding hydrogens is 414 g/mol. The lowest BCUT2D eigenvalue weighted by Crippen LogP contribution is -2.19. The highest BCUT2D eigenvalue weighted by Crippen LogP contribution is 2.21. The molecule has 0 saturated carbocycles. The van der Waals surface area contributed by atoms with E-state index in [-0.39, 0.29) is 18.7 Å². The summed E-state index contributed by atoms with van der Waals surface area (Å²) in [4.78, 5) is 23.2. The number of carbonyl (C=O) groups excluding carboxylic acids is 1. The molecule has 9 heteroatoms. The molecule has 27 heavy (non-hydrogen) atoms. The van der Waals surface area contributed by atoms with Gasteiger partial charge in [0.25, 0.3) is 5.91 Å². The number of rotatable bonds is 7. The number of aliphatic carboxylic acids is 1. The summed E-state index contributed by atoms with van der Waals surface area (Å²) in [6.07, 6.45) is 3.14. The van der Waals surface area contributed by atoms with Gasteiger partial charge in [-0.2, -0.15) is 10.2 Å². The fourth-order valence-electron chi connectivity index (χ4n) is 2.64. The summed E-state index contributed by atoms with van der Waals surface area (Å²) in [7, 11) is 0. The highest BCUT2D eigenvalue weighted by molar-refractivity contribution is 9.10. The van der Waals surface area contributed by atoms with Crippen LogP contribution in [0, 0.1) is 6.92 Å². The first-order chi connectivity index (χ1) is 12.9. The number of halogens is 1. The van der Waals surface area contributed by atoms with Gasteiger partial charge in [-0.15, -0.1) is 0 Å². The van der Waals surface area contributed by atoms with E-state index in [0.717, 1.165) is 5.56 Å². The van der Waals surface area contributed by atoms with Crippen molar-refractivity contribution in [3.63, 3.8) is 0 Å². The Labute approximate surface area is 163 Å². The topological polar surface area (TPSA) is 102 Å². The maximum Gasteiger partial charge on any atom is 0.305 e. The lowest BCUT2D eigenvalue weighted by Gasteiger charge is -2.06. The van der Waals surface area contributed by atoms with Crippen molar-refractivity contribution in [2.45, 2.75) is 26.4 Å². The predicted octanol–water partition coefficient (Wildman–Crippen LogP) is 2.93. The van der Waals surface area contributed by atoms with Gasteiger partial charge in [0, 0.05) is 12.4 Å². The van der Waals surface area contributed by atoms with Crippen molar-refractivity contribution in [1.82, 2.24) is 19.6 Å². The van der Waals surface area contributed by atoms with Crippen LogP contribution in [-0.4, -0.2) is 36.5 Å². The number of anilines is 1. The number of hydrogen-bond donors (Lipinski definition) is 2. The molecule has 0 radical (unpaired) electrons. The standard InChI is InChI=1S/C18H18BrN5O3/c1-12-3-2-4-13(9-12)10-23-11-14(19)17(22-23)21-18(27)15-5-7-20-24(15)8-6-16(25)26/h2-5,7,9,11H,6,8,10H2,1H3,(H,25,26)(H,21,22,27). The zero-order valence-electron chi connectivity index (χ0n) is 14.6. The number of aromatic nitrogens is 4. The van der Waals surface area contributed by atoms with E-state index in [2.05, 4.69) is 37.5 Å². The number of amides is 1. The van der Waals surface area contributed by atoms with E-state index in [1.165, 1.54) is 22.5 Å². The average molecular weight is 432 g/mol. The molecule has 2 aromatic heterocycles. The van der Waals surface area contributed by atoms with Crippen LogP contribution in [0.3, 0.4) is 0 Å². The summed E-state index contributed by atoms with van der Waals surface area (Å²) in [5, 5.41) is 19.9. The van der Waals surface area contributed by atoms with E-state index in [4.69, 9.17) is 5.11 Å². The van der Waals surface area contributed by atoms with Crippen molar-refractivity contribution >= 4 is 33.6 Å². The Morgan fingerprint density at radius 2 is 2.11 bits per heavy atom. The summed E-state index contributed by atoms with van der Waals surface area (Å²) >= 11 is 3.41. The number of carboxylic acids is 1. The third kappa shape index (κ3) is 4.82. The van der Waals surface area contributed by atoms with E-state index < -0.39 is 11.9 Å². The summed E-state index contributed by atoms with van der Waals surface area (Å²) in [5.41, 5.74) is 2.55. The van der Waals surface area contributed by atoms with Gasteiger partial charge in [0.1, 0.15) is 5.69 Å². The molecule has 3 rings (SSSR count). The van der Waals surface area contributed by atoms with Crippen LogP contribution in [0.5, 0.6) is 0 Å². The Morgan fingerprint density at radius 3 is 2.85 bits per heavy atom. The lowest BCUT2D eigenvalue weighted by molar-refractivity contribution is -0.137. The molecule has 0 aliphatic carbocycles. The highest BCUT2D eigenvalue weighted by Gasteiger charge is 2.16. The van der Waals surface area contributed by atoms with E-state index >= 15 is 0 Å². The largest absolute Gasteiger partial charge is 0.481 e. The summed E-state index contributed by atoms with van der Waals surface area (Å²) in [5.74, 6) is -0.965. The molecular formula is C18H18BrN5O3. The maximum atomic E-state index is 12.5. The Kier molecular flexibility index (Phi) is 5.70. The highest BCUT2D eigenvalue weighted by atomic mass is 79.9. The summed E-state index contributed by atoms with van der Waals surface area (Å²) in [6.45, 7) is 2.72. The van der Waals surface area contributed by atoms with E-state index in [1.54, 1.807) is 10.9 Å². The van der Waals surface area contributed by atoms with Gasteiger partial charge < -0.3 is 10.4 Å². The van der Waals surface area contributed by atoms with Crippen LogP contribution in [0.2, 0.25) is 0 Å². The van der Waals surface area contributed by atoms with Gasteiger partial charge in [0.05, 0.1) is 24.0 Å². The smallest absolute Gasteiger partial charge is 0.305 e. The van der Waals surface area contributed by atoms with E-state index in [1.807, 2.05) is 25.1 Å². The minimum Gasteiger partial charge on any atom is -0.481 e. The number of carboxylic acid groups (broad SMARTS) is 1. The molecule has 2 heterocycles. The molecule has 2 N–H and O–H groups in total. The molecule has 0 atom stereocenters. The van der Waals surface area contributed by atoms with E-state index in [9.17, 15) is 9.59 Å². The van der Waals surface area contributed by atoms with Gasteiger partial charge in [0.2, 0.25) is 0 Å². The van der Waals surface area contributed by atoms with Crippen molar-refractivity contribution in [3.8, 4) is 0 Å². The minimum absolute atomic E-state index is 0.114. The summed E-state index contributed by atoms with van der Waals surface area (Å²) < 4.78 is 3.75. The fraction of sp³-hybridized carbons (Fsp3) is 0.222. The molecule has 8 nitrogen and oxygen atoms in total. The van der Waals surface area contributed by atoms with Crippen LogP contribution in [0.4, 0.5) is 5.82 Å². The Bertz CT molecular complexity index is 979. The second-order valence-corrected chi connectivity index (χ2v) is 6.90. The maximum absolute atomic E-state index is 12.5. The Balaban J connectivity index is 1.71. The zero-order valence-corrected chi connectivity index (χ0v) is 16.2. The van der Waals surface area contributed by atoms with Crippen molar-refractivity contribution in [1.29, 1.82) is 0 Å². The van der Waals surface area contributed by atoms with Gasteiger partial charge in [-0.25, -0.2) is 0 Å². The third-order valence-electron chi connectivity index (χ3n) is 3.86. The number of nitrogens with zero attached hydrogens (tertiary/aromatic N) is 4. The quantitative estimate of drug-likeness (QED) is 0.598. The molecule has 0 aliphatic rings. The molecule has 0 fully saturated rings. The zero-order chi connectivity index (χ0) is 19.4. The number of nitrogens with one attached hydrogen (secondary N) is 1. The molecule has 1 amide bonds. The molecule has 140 valence electrons.